The standard InChI is InChI=1S/C20H18N2O2S2/c1-13-6-8-14(9-7-13)22-19(23)18-16(12-26-20-21-10-11-25-20)15-4-2-3-5-17(15)24-18/h2-9H,10-12H2,1H3,(H,22,23). The number of aliphatic imine (C=N–C) groups is 1. The molecule has 1 aromatic heterocycles. The summed E-state index contributed by atoms with van der Waals surface area (Å²) >= 11 is 3.44. The number of nitrogens with one attached hydrogen (secondary N) is 1. The summed E-state index contributed by atoms with van der Waals surface area (Å²) in [6.45, 7) is 2.89. The van der Waals surface area contributed by atoms with Gasteiger partial charge in [-0.15, -0.1) is 0 Å². The van der Waals surface area contributed by atoms with Gasteiger partial charge < -0.3 is 9.73 Å². The molecule has 4 rings (SSSR count). The third-order valence-electron chi connectivity index (χ3n) is 4.11. The van der Waals surface area contributed by atoms with E-state index in [-0.39, 0.29) is 5.91 Å². The molecule has 1 N–H and O–H groups in total. The van der Waals surface area contributed by atoms with E-state index in [0.717, 1.165) is 44.5 Å². The lowest BCUT2D eigenvalue weighted by molar-refractivity contribution is 0.0998. The summed E-state index contributed by atoms with van der Waals surface area (Å²) in [5, 5.41) is 3.92. The van der Waals surface area contributed by atoms with Gasteiger partial charge in [0.1, 0.15) is 9.96 Å². The molecule has 1 aliphatic rings. The quantitative estimate of drug-likeness (QED) is 0.663. The van der Waals surface area contributed by atoms with Crippen LogP contribution in [0.2, 0.25) is 0 Å². The molecule has 0 saturated carbocycles. The summed E-state index contributed by atoms with van der Waals surface area (Å²) in [5.41, 5.74) is 3.57. The molecule has 0 atom stereocenters. The average Bonchev–Trinajstić information content (AvgIpc) is 3.29. The number of hydrogen-bond acceptors (Lipinski definition) is 5. The minimum Gasteiger partial charge on any atom is -0.451 e. The molecule has 3 aromatic rings. The van der Waals surface area contributed by atoms with Gasteiger partial charge in [-0.3, -0.25) is 9.79 Å². The Bertz CT molecular complexity index is 977. The van der Waals surface area contributed by atoms with E-state index in [2.05, 4.69) is 10.3 Å². The summed E-state index contributed by atoms with van der Waals surface area (Å²) in [5.74, 6) is 1.86. The molecule has 0 saturated heterocycles. The van der Waals surface area contributed by atoms with Gasteiger partial charge in [-0.25, -0.2) is 0 Å². The largest absolute Gasteiger partial charge is 0.451 e. The van der Waals surface area contributed by atoms with Crippen LogP contribution in [0.15, 0.2) is 57.9 Å². The SMILES string of the molecule is Cc1ccc(NC(=O)c2oc3ccccc3c2CSC2=NCCS2)cc1. The number of carbonyl (C=O) groups is 1. The Morgan fingerprint density at radius 2 is 2.04 bits per heavy atom. The molecule has 0 bridgehead atoms. The van der Waals surface area contributed by atoms with Crippen LogP contribution < -0.4 is 5.32 Å². The molecule has 6 heteroatoms. The average molecular weight is 383 g/mol. The lowest BCUT2D eigenvalue weighted by Gasteiger charge is -2.06. The molecule has 0 spiro atoms. The van der Waals surface area contributed by atoms with E-state index in [0.29, 0.717) is 11.5 Å². The van der Waals surface area contributed by atoms with Crippen LogP contribution in [0, 0.1) is 6.92 Å². The highest BCUT2D eigenvalue weighted by molar-refractivity contribution is 8.38. The van der Waals surface area contributed by atoms with E-state index in [1.807, 2.05) is 55.5 Å². The maximum absolute atomic E-state index is 12.8. The van der Waals surface area contributed by atoms with Crippen molar-refractivity contribution >= 4 is 50.5 Å². The molecule has 4 nitrogen and oxygen atoms in total. The molecule has 26 heavy (non-hydrogen) atoms. The van der Waals surface area contributed by atoms with E-state index < -0.39 is 0 Å². The molecular formula is C20H18N2O2S2. The van der Waals surface area contributed by atoms with Crippen molar-refractivity contribution in [3.8, 4) is 0 Å². The van der Waals surface area contributed by atoms with Crippen LogP contribution in [0.1, 0.15) is 21.7 Å². The third kappa shape index (κ3) is 3.66. The fourth-order valence-corrected chi connectivity index (χ4v) is 4.82. The predicted octanol–water partition coefficient (Wildman–Crippen LogP) is 5.33. The second-order valence-electron chi connectivity index (χ2n) is 6.01. The van der Waals surface area contributed by atoms with Gasteiger partial charge >= 0.3 is 0 Å². The van der Waals surface area contributed by atoms with Crippen LogP contribution >= 0.6 is 23.5 Å². The Morgan fingerprint density at radius 1 is 1.23 bits per heavy atom. The smallest absolute Gasteiger partial charge is 0.291 e. The number of furan rings is 1. The first kappa shape index (κ1) is 17.2. The predicted molar refractivity (Wildman–Crippen MR) is 111 cm³/mol. The summed E-state index contributed by atoms with van der Waals surface area (Å²) in [6, 6.07) is 15.5. The molecule has 1 aliphatic heterocycles. The summed E-state index contributed by atoms with van der Waals surface area (Å²) in [4.78, 5) is 17.3. The second kappa shape index (κ2) is 7.60. The fourth-order valence-electron chi connectivity index (χ4n) is 2.79. The fraction of sp³-hybridized carbons (Fsp3) is 0.200. The Morgan fingerprint density at radius 3 is 2.81 bits per heavy atom. The number of anilines is 1. The third-order valence-corrected chi connectivity index (χ3v) is 6.39. The second-order valence-corrected chi connectivity index (χ2v) is 8.32. The van der Waals surface area contributed by atoms with Crippen molar-refractivity contribution < 1.29 is 9.21 Å². The van der Waals surface area contributed by atoms with Gasteiger partial charge in [0.05, 0.1) is 6.54 Å². The van der Waals surface area contributed by atoms with Crippen LogP contribution in [-0.4, -0.2) is 22.6 Å². The van der Waals surface area contributed by atoms with E-state index in [9.17, 15) is 4.79 Å². The number of hydrogen-bond donors (Lipinski definition) is 1. The van der Waals surface area contributed by atoms with Gasteiger partial charge in [-0.2, -0.15) is 0 Å². The lowest BCUT2D eigenvalue weighted by Crippen LogP contribution is -2.12. The van der Waals surface area contributed by atoms with Crippen molar-refractivity contribution in [1.82, 2.24) is 0 Å². The van der Waals surface area contributed by atoms with Crippen LogP contribution in [0.5, 0.6) is 0 Å². The minimum atomic E-state index is -0.221. The van der Waals surface area contributed by atoms with Crippen LogP contribution in [0.3, 0.4) is 0 Å². The molecule has 2 heterocycles. The van der Waals surface area contributed by atoms with Crippen LogP contribution in [0.4, 0.5) is 5.69 Å². The Kier molecular flexibility index (Phi) is 5.04. The Hall–Kier alpha value is -2.18. The van der Waals surface area contributed by atoms with Crippen molar-refractivity contribution in [3.05, 3.63) is 65.4 Å². The highest BCUT2D eigenvalue weighted by Gasteiger charge is 2.21. The van der Waals surface area contributed by atoms with Crippen molar-refractivity contribution in [1.29, 1.82) is 0 Å². The zero-order valence-electron chi connectivity index (χ0n) is 14.3. The van der Waals surface area contributed by atoms with E-state index in [1.165, 1.54) is 0 Å². The molecule has 0 unspecified atom stereocenters. The number of nitrogens with zero attached hydrogens (tertiary/aromatic N) is 1. The van der Waals surface area contributed by atoms with Gasteiger partial charge in [0.15, 0.2) is 5.76 Å². The number of aryl methyl sites for hydroxylation is 1. The highest BCUT2D eigenvalue weighted by Crippen LogP contribution is 2.33. The number of thioether (sulfide) groups is 2. The van der Waals surface area contributed by atoms with Gasteiger partial charge in [0.2, 0.25) is 0 Å². The van der Waals surface area contributed by atoms with Gasteiger partial charge in [0, 0.05) is 28.1 Å². The molecule has 0 radical (unpaired) electrons. The number of benzene rings is 2. The number of rotatable bonds is 4. The number of carbonyl (C=O) groups excluding carboxylic acids is 1. The van der Waals surface area contributed by atoms with E-state index in [4.69, 9.17) is 4.42 Å². The first-order chi connectivity index (χ1) is 12.7. The molecule has 0 aliphatic carbocycles. The maximum Gasteiger partial charge on any atom is 0.291 e. The lowest BCUT2D eigenvalue weighted by atomic mass is 10.1. The van der Waals surface area contributed by atoms with Gasteiger partial charge in [0.25, 0.3) is 5.91 Å². The van der Waals surface area contributed by atoms with Crippen molar-refractivity contribution in [2.24, 2.45) is 4.99 Å². The highest BCUT2D eigenvalue weighted by atomic mass is 32.2. The molecule has 1 amide bonds. The van der Waals surface area contributed by atoms with Gasteiger partial charge in [-0.1, -0.05) is 59.4 Å². The number of amides is 1. The van der Waals surface area contributed by atoms with Gasteiger partial charge in [-0.05, 0) is 25.1 Å². The monoisotopic (exact) mass is 382 g/mol. The Labute approximate surface area is 160 Å². The van der Waals surface area contributed by atoms with Crippen molar-refractivity contribution in [3.63, 3.8) is 0 Å². The normalized spacial score (nSPS) is 13.8. The number of fused-ring (bicyclic) bond motifs is 1. The summed E-state index contributed by atoms with van der Waals surface area (Å²) in [7, 11) is 0. The summed E-state index contributed by atoms with van der Waals surface area (Å²) < 4.78 is 6.98. The molecule has 132 valence electrons. The Balaban J connectivity index is 1.63. The molecule has 2 aromatic carbocycles. The van der Waals surface area contributed by atoms with Crippen LogP contribution in [0.25, 0.3) is 11.0 Å². The topological polar surface area (TPSA) is 54.6 Å². The van der Waals surface area contributed by atoms with E-state index >= 15 is 0 Å². The van der Waals surface area contributed by atoms with Crippen molar-refractivity contribution in [2.45, 2.75) is 12.7 Å². The first-order valence-electron chi connectivity index (χ1n) is 8.39. The van der Waals surface area contributed by atoms with E-state index in [1.54, 1.807) is 23.5 Å². The zero-order valence-corrected chi connectivity index (χ0v) is 16.0. The van der Waals surface area contributed by atoms with Crippen LogP contribution in [-0.2, 0) is 5.75 Å². The van der Waals surface area contributed by atoms with Crippen molar-refractivity contribution in [2.75, 3.05) is 17.6 Å². The molecule has 0 fully saturated rings. The number of para-hydroxylation sites is 1. The minimum absolute atomic E-state index is 0.221. The molecular weight excluding hydrogens is 364 g/mol. The maximum atomic E-state index is 12.8. The first-order valence-corrected chi connectivity index (χ1v) is 10.4. The summed E-state index contributed by atoms with van der Waals surface area (Å²) in [6.07, 6.45) is 0. The zero-order chi connectivity index (χ0) is 17.9.